The van der Waals surface area contributed by atoms with Gasteiger partial charge in [0.25, 0.3) is 0 Å². The van der Waals surface area contributed by atoms with Crippen LogP contribution < -0.4 is 0 Å². The zero-order valence-electron chi connectivity index (χ0n) is 16.1. The Hall–Kier alpha value is -2.74. The first-order chi connectivity index (χ1) is 13.9. The molecule has 2 aliphatic heterocycles. The Kier molecular flexibility index (Phi) is 5.36. The standard InChI is InChI=1S/C22H22O7/c1-22(2)28-18-17(27-20(24)15-11-7-4-8-12-15)16(26-21(18)29-22)13-25-19(23)14-9-5-3-6-10-14/h3-12,16-18,21H,13H2,1-2H3/t16-,17-,18?,21-/m1/s1. The fourth-order valence-corrected chi connectivity index (χ4v) is 3.40. The van der Waals surface area contributed by atoms with Crippen LogP contribution in [0.3, 0.4) is 0 Å². The molecule has 2 aliphatic rings. The topological polar surface area (TPSA) is 80.3 Å². The fraction of sp³-hybridized carbons (Fsp3) is 0.364. The monoisotopic (exact) mass is 398 g/mol. The van der Waals surface area contributed by atoms with Crippen LogP contribution in [0.1, 0.15) is 34.6 Å². The van der Waals surface area contributed by atoms with Crippen molar-refractivity contribution in [2.45, 2.75) is 44.2 Å². The van der Waals surface area contributed by atoms with Crippen LogP contribution in [0.2, 0.25) is 0 Å². The number of esters is 2. The Morgan fingerprint density at radius 2 is 1.48 bits per heavy atom. The van der Waals surface area contributed by atoms with Gasteiger partial charge in [-0.1, -0.05) is 36.4 Å². The lowest BCUT2D eigenvalue weighted by Gasteiger charge is -2.25. The Morgan fingerprint density at radius 1 is 0.897 bits per heavy atom. The van der Waals surface area contributed by atoms with Crippen molar-refractivity contribution < 1.29 is 33.3 Å². The van der Waals surface area contributed by atoms with Gasteiger partial charge in [-0.05, 0) is 38.1 Å². The molecule has 152 valence electrons. The predicted octanol–water partition coefficient (Wildman–Crippen LogP) is 2.95. The molecule has 0 bridgehead atoms. The first-order valence-corrected chi connectivity index (χ1v) is 9.42. The molecular formula is C22H22O7. The fourth-order valence-electron chi connectivity index (χ4n) is 3.40. The van der Waals surface area contributed by atoms with Crippen molar-refractivity contribution >= 4 is 11.9 Å². The van der Waals surface area contributed by atoms with Gasteiger partial charge in [-0.2, -0.15) is 0 Å². The van der Waals surface area contributed by atoms with Gasteiger partial charge in [0.2, 0.25) is 0 Å². The van der Waals surface area contributed by atoms with E-state index >= 15 is 0 Å². The number of hydrogen-bond donors (Lipinski definition) is 0. The van der Waals surface area contributed by atoms with E-state index in [1.54, 1.807) is 62.4 Å². The molecule has 2 saturated heterocycles. The van der Waals surface area contributed by atoms with Crippen molar-refractivity contribution in [1.82, 2.24) is 0 Å². The van der Waals surface area contributed by atoms with Crippen LogP contribution in [-0.2, 0) is 23.7 Å². The molecule has 0 aliphatic carbocycles. The number of benzene rings is 2. The maximum atomic E-state index is 12.6. The molecule has 4 rings (SSSR count). The highest BCUT2D eigenvalue weighted by Crippen LogP contribution is 2.39. The molecule has 2 fully saturated rings. The second-order valence-corrected chi connectivity index (χ2v) is 7.34. The highest BCUT2D eigenvalue weighted by molar-refractivity contribution is 5.90. The Labute approximate surface area is 168 Å². The smallest absolute Gasteiger partial charge is 0.338 e. The van der Waals surface area contributed by atoms with Gasteiger partial charge in [0.05, 0.1) is 11.1 Å². The molecule has 0 amide bonds. The van der Waals surface area contributed by atoms with E-state index in [0.29, 0.717) is 11.1 Å². The summed E-state index contributed by atoms with van der Waals surface area (Å²) in [6, 6.07) is 17.3. The molecule has 2 aromatic carbocycles. The molecule has 29 heavy (non-hydrogen) atoms. The Balaban J connectivity index is 1.46. The molecule has 7 nitrogen and oxygen atoms in total. The second kappa shape index (κ2) is 7.94. The third kappa shape index (κ3) is 4.32. The number of ether oxygens (including phenoxy) is 5. The normalized spacial score (nSPS) is 27.2. The summed E-state index contributed by atoms with van der Waals surface area (Å²) < 4.78 is 28.5. The lowest BCUT2D eigenvalue weighted by atomic mass is 10.1. The molecule has 0 aromatic heterocycles. The second-order valence-electron chi connectivity index (χ2n) is 7.34. The molecule has 4 atom stereocenters. The van der Waals surface area contributed by atoms with Gasteiger partial charge in [0.1, 0.15) is 12.7 Å². The van der Waals surface area contributed by atoms with Gasteiger partial charge >= 0.3 is 11.9 Å². The number of rotatable bonds is 5. The summed E-state index contributed by atoms with van der Waals surface area (Å²) in [5, 5.41) is 0. The average Bonchev–Trinajstić information content (AvgIpc) is 3.19. The first-order valence-electron chi connectivity index (χ1n) is 9.42. The Bertz CT molecular complexity index is 865. The summed E-state index contributed by atoms with van der Waals surface area (Å²) >= 11 is 0. The molecule has 0 spiro atoms. The predicted molar refractivity (Wildman–Crippen MR) is 101 cm³/mol. The molecule has 0 saturated carbocycles. The van der Waals surface area contributed by atoms with E-state index in [4.69, 9.17) is 23.7 Å². The van der Waals surface area contributed by atoms with Gasteiger partial charge in [-0.25, -0.2) is 9.59 Å². The SMILES string of the molecule is CC1(C)OC2[C@H](O[C@H](COC(=O)c3ccccc3)[C@H]2OC(=O)c2ccccc2)O1. The number of fused-ring (bicyclic) bond motifs is 1. The lowest BCUT2D eigenvalue weighted by molar-refractivity contribution is -0.218. The molecule has 7 heteroatoms. The van der Waals surface area contributed by atoms with Gasteiger partial charge in [-0.3, -0.25) is 0 Å². The molecule has 0 radical (unpaired) electrons. The van der Waals surface area contributed by atoms with Crippen molar-refractivity contribution in [3.63, 3.8) is 0 Å². The quantitative estimate of drug-likeness (QED) is 0.717. The van der Waals surface area contributed by atoms with E-state index in [1.165, 1.54) is 0 Å². The van der Waals surface area contributed by atoms with Gasteiger partial charge in [0, 0.05) is 0 Å². The first kappa shape index (κ1) is 19.6. The summed E-state index contributed by atoms with van der Waals surface area (Å²) in [6.45, 7) is 3.42. The van der Waals surface area contributed by atoms with Crippen LogP contribution in [0.5, 0.6) is 0 Å². The van der Waals surface area contributed by atoms with Gasteiger partial charge in [-0.15, -0.1) is 0 Å². The summed E-state index contributed by atoms with van der Waals surface area (Å²) in [6.07, 6.45) is -2.81. The van der Waals surface area contributed by atoms with E-state index in [2.05, 4.69) is 0 Å². The molecule has 0 N–H and O–H groups in total. The number of hydrogen-bond acceptors (Lipinski definition) is 7. The summed E-state index contributed by atoms with van der Waals surface area (Å²) in [5.41, 5.74) is 0.839. The highest BCUT2D eigenvalue weighted by atomic mass is 16.8. The average molecular weight is 398 g/mol. The van der Waals surface area contributed by atoms with Crippen molar-refractivity contribution in [1.29, 1.82) is 0 Å². The van der Waals surface area contributed by atoms with E-state index in [9.17, 15) is 9.59 Å². The Morgan fingerprint density at radius 3 is 2.10 bits per heavy atom. The molecule has 2 aromatic rings. The van der Waals surface area contributed by atoms with E-state index in [0.717, 1.165) is 0 Å². The minimum Gasteiger partial charge on any atom is -0.459 e. The molecular weight excluding hydrogens is 376 g/mol. The van der Waals surface area contributed by atoms with Crippen LogP contribution >= 0.6 is 0 Å². The summed E-state index contributed by atoms with van der Waals surface area (Å²) in [7, 11) is 0. The minimum atomic E-state index is -0.863. The van der Waals surface area contributed by atoms with E-state index < -0.39 is 42.3 Å². The van der Waals surface area contributed by atoms with Gasteiger partial charge < -0.3 is 23.7 Å². The lowest BCUT2D eigenvalue weighted by Crippen LogP contribution is -2.40. The van der Waals surface area contributed by atoms with Crippen LogP contribution in [0.25, 0.3) is 0 Å². The number of carbonyl (C=O) groups excluding carboxylic acids is 2. The molecule has 1 unspecified atom stereocenters. The van der Waals surface area contributed by atoms with Crippen LogP contribution in [-0.4, -0.2) is 48.9 Å². The highest BCUT2D eigenvalue weighted by Gasteiger charge is 2.56. The summed E-state index contributed by atoms with van der Waals surface area (Å²) in [4.78, 5) is 24.8. The molecule has 2 heterocycles. The van der Waals surface area contributed by atoms with Crippen molar-refractivity contribution in [3.8, 4) is 0 Å². The van der Waals surface area contributed by atoms with Crippen molar-refractivity contribution in [2.24, 2.45) is 0 Å². The minimum absolute atomic E-state index is 0.0966. The summed E-state index contributed by atoms with van der Waals surface area (Å²) in [5.74, 6) is -1.85. The maximum absolute atomic E-state index is 12.6. The largest absolute Gasteiger partial charge is 0.459 e. The van der Waals surface area contributed by atoms with Crippen LogP contribution in [0.15, 0.2) is 60.7 Å². The third-order valence-corrected chi connectivity index (χ3v) is 4.73. The van der Waals surface area contributed by atoms with Crippen LogP contribution in [0.4, 0.5) is 0 Å². The zero-order valence-corrected chi connectivity index (χ0v) is 16.1. The van der Waals surface area contributed by atoms with E-state index in [1.807, 2.05) is 12.1 Å². The number of carbonyl (C=O) groups is 2. The van der Waals surface area contributed by atoms with Gasteiger partial charge in [0.15, 0.2) is 24.3 Å². The third-order valence-electron chi connectivity index (χ3n) is 4.73. The van der Waals surface area contributed by atoms with E-state index in [-0.39, 0.29) is 6.61 Å². The van der Waals surface area contributed by atoms with Crippen molar-refractivity contribution in [3.05, 3.63) is 71.8 Å². The van der Waals surface area contributed by atoms with Crippen LogP contribution in [0, 0.1) is 0 Å². The maximum Gasteiger partial charge on any atom is 0.338 e. The van der Waals surface area contributed by atoms with Crippen molar-refractivity contribution in [2.75, 3.05) is 6.61 Å². The zero-order chi connectivity index (χ0) is 20.4.